The van der Waals surface area contributed by atoms with Gasteiger partial charge in [0, 0.05) is 11.1 Å². The summed E-state index contributed by atoms with van der Waals surface area (Å²) in [7, 11) is 0. The first-order chi connectivity index (χ1) is 16.2. The standard InChI is InChI=1S/C31H34FN/c1-2-3-4-23-7-12-26(13-8-23)28-17-19-29(20-18-28)27-14-9-24(10-15-27)5-6-25-11-16-30(22-33)31(32)21-25/h2,9-11,14-16,21,23,26,28-29H,1,3-4,7-8,12-13,17-20H2/t23-,26-,28-,29-. The Kier molecular flexibility index (Phi) is 8.01. The average molecular weight is 440 g/mol. The number of nitriles is 1. The van der Waals surface area contributed by atoms with E-state index in [1.165, 1.54) is 81.9 Å². The van der Waals surface area contributed by atoms with E-state index in [2.05, 4.69) is 48.8 Å². The van der Waals surface area contributed by atoms with Gasteiger partial charge in [-0.25, -0.2) is 4.39 Å². The highest BCUT2D eigenvalue weighted by molar-refractivity contribution is 5.46. The maximum absolute atomic E-state index is 13.7. The molecule has 0 unspecified atom stereocenters. The first-order valence-corrected chi connectivity index (χ1v) is 12.6. The molecule has 2 aromatic rings. The second kappa shape index (κ2) is 11.3. The molecule has 33 heavy (non-hydrogen) atoms. The second-order valence-corrected chi connectivity index (χ2v) is 9.94. The normalized spacial score (nSPS) is 24.8. The smallest absolute Gasteiger partial charge is 0.142 e. The van der Waals surface area contributed by atoms with Crippen molar-refractivity contribution < 1.29 is 4.39 Å². The highest BCUT2D eigenvalue weighted by Gasteiger charge is 2.31. The molecular weight excluding hydrogens is 405 g/mol. The lowest BCUT2D eigenvalue weighted by atomic mass is 9.68. The fraction of sp³-hybridized carbons (Fsp3) is 0.452. The van der Waals surface area contributed by atoms with Crippen molar-refractivity contribution in [2.24, 2.45) is 17.8 Å². The molecule has 4 rings (SSSR count). The second-order valence-electron chi connectivity index (χ2n) is 9.94. The van der Waals surface area contributed by atoms with Gasteiger partial charge in [-0.05, 0) is 111 Å². The van der Waals surface area contributed by atoms with Crippen LogP contribution in [0.1, 0.15) is 92.4 Å². The lowest BCUT2D eigenvalue weighted by Gasteiger charge is -2.38. The van der Waals surface area contributed by atoms with Crippen LogP contribution in [0.25, 0.3) is 0 Å². The van der Waals surface area contributed by atoms with Crippen molar-refractivity contribution >= 4 is 0 Å². The molecule has 2 fully saturated rings. The number of rotatable bonds is 5. The van der Waals surface area contributed by atoms with Crippen LogP contribution in [0.2, 0.25) is 0 Å². The summed E-state index contributed by atoms with van der Waals surface area (Å²) >= 11 is 0. The first-order valence-electron chi connectivity index (χ1n) is 12.6. The molecule has 2 aromatic carbocycles. The number of hydrogen-bond acceptors (Lipinski definition) is 1. The Morgan fingerprint density at radius 1 is 0.848 bits per heavy atom. The molecule has 0 atom stereocenters. The molecule has 2 heteroatoms. The molecule has 0 saturated heterocycles. The van der Waals surface area contributed by atoms with Gasteiger partial charge in [-0.3, -0.25) is 0 Å². The molecule has 2 saturated carbocycles. The fourth-order valence-electron chi connectivity index (χ4n) is 5.89. The maximum Gasteiger partial charge on any atom is 0.142 e. The van der Waals surface area contributed by atoms with Crippen LogP contribution in [0.5, 0.6) is 0 Å². The van der Waals surface area contributed by atoms with Gasteiger partial charge in [0.1, 0.15) is 11.9 Å². The molecule has 170 valence electrons. The zero-order valence-corrected chi connectivity index (χ0v) is 19.5. The van der Waals surface area contributed by atoms with E-state index in [1.807, 2.05) is 6.07 Å². The quantitative estimate of drug-likeness (QED) is 0.341. The van der Waals surface area contributed by atoms with Crippen LogP contribution in [0, 0.1) is 46.7 Å². The monoisotopic (exact) mass is 439 g/mol. The van der Waals surface area contributed by atoms with Crippen LogP contribution >= 0.6 is 0 Å². The Morgan fingerprint density at radius 2 is 1.45 bits per heavy atom. The van der Waals surface area contributed by atoms with Gasteiger partial charge in [0.15, 0.2) is 0 Å². The molecule has 0 radical (unpaired) electrons. The Morgan fingerprint density at radius 3 is 2.06 bits per heavy atom. The topological polar surface area (TPSA) is 23.8 Å². The van der Waals surface area contributed by atoms with E-state index in [0.29, 0.717) is 11.5 Å². The van der Waals surface area contributed by atoms with Crippen molar-refractivity contribution in [1.82, 2.24) is 0 Å². The summed E-state index contributed by atoms with van der Waals surface area (Å²) in [6.07, 6.45) is 15.7. The molecule has 2 aliphatic carbocycles. The van der Waals surface area contributed by atoms with Crippen LogP contribution in [0.15, 0.2) is 55.1 Å². The van der Waals surface area contributed by atoms with Crippen molar-refractivity contribution in [1.29, 1.82) is 5.26 Å². The van der Waals surface area contributed by atoms with Crippen LogP contribution in [0.3, 0.4) is 0 Å². The number of halogens is 1. The summed E-state index contributed by atoms with van der Waals surface area (Å²) in [5.74, 6) is 9.09. The Hall–Kier alpha value is -2.84. The van der Waals surface area contributed by atoms with Gasteiger partial charge in [0.25, 0.3) is 0 Å². The Bertz CT molecular complexity index is 1030. The zero-order chi connectivity index (χ0) is 23.0. The number of benzene rings is 2. The number of allylic oxidation sites excluding steroid dienone is 1. The van der Waals surface area contributed by atoms with Gasteiger partial charge in [-0.15, -0.1) is 6.58 Å². The lowest BCUT2D eigenvalue weighted by Crippen LogP contribution is -2.25. The van der Waals surface area contributed by atoms with Gasteiger partial charge in [-0.1, -0.05) is 42.9 Å². The summed E-state index contributed by atoms with van der Waals surface area (Å²) in [5.41, 5.74) is 3.00. The van der Waals surface area contributed by atoms with Crippen molar-refractivity contribution in [2.75, 3.05) is 0 Å². The molecule has 0 aromatic heterocycles. The van der Waals surface area contributed by atoms with Crippen molar-refractivity contribution in [3.63, 3.8) is 0 Å². The van der Waals surface area contributed by atoms with E-state index in [9.17, 15) is 4.39 Å². The minimum absolute atomic E-state index is 0.0517. The highest BCUT2D eigenvalue weighted by atomic mass is 19.1. The van der Waals surface area contributed by atoms with Gasteiger partial charge < -0.3 is 0 Å². The van der Waals surface area contributed by atoms with Gasteiger partial charge in [0.2, 0.25) is 0 Å². The summed E-state index contributed by atoms with van der Waals surface area (Å²) in [5, 5.41) is 8.84. The Balaban J connectivity index is 1.27. The largest absolute Gasteiger partial charge is 0.206 e. The molecule has 0 spiro atoms. The molecule has 2 aliphatic rings. The fourth-order valence-corrected chi connectivity index (χ4v) is 5.89. The first kappa shape index (κ1) is 23.3. The highest BCUT2D eigenvalue weighted by Crippen LogP contribution is 2.44. The summed E-state index contributed by atoms with van der Waals surface area (Å²) < 4.78 is 13.7. The maximum atomic E-state index is 13.7. The zero-order valence-electron chi connectivity index (χ0n) is 19.5. The predicted octanol–water partition coefficient (Wildman–Crippen LogP) is 8.14. The molecule has 0 amide bonds. The van der Waals surface area contributed by atoms with E-state index in [-0.39, 0.29) is 5.56 Å². The van der Waals surface area contributed by atoms with Crippen LogP contribution in [0.4, 0.5) is 4.39 Å². The SMILES string of the molecule is C=CCC[C@H]1CC[C@H]([C@H]2CC[C@H](c3ccc(C#Cc4ccc(C#N)c(F)c4)cc3)CC2)CC1. The number of hydrogen-bond donors (Lipinski definition) is 0. The minimum atomic E-state index is -0.518. The molecule has 1 nitrogen and oxygen atoms in total. The van der Waals surface area contributed by atoms with E-state index < -0.39 is 5.82 Å². The summed E-state index contributed by atoms with van der Waals surface area (Å²) in [6, 6.07) is 14.9. The van der Waals surface area contributed by atoms with E-state index >= 15 is 0 Å². The van der Waals surface area contributed by atoms with Crippen LogP contribution in [-0.4, -0.2) is 0 Å². The number of nitrogens with zero attached hydrogens (tertiary/aromatic N) is 1. The summed E-state index contributed by atoms with van der Waals surface area (Å²) in [4.78, 5) is 0. The summed E-state index contributed by atoms with van der Waals surface area (Å²) in [6.45, 7) is 3.87. The van der Waals surface area contributed by atoms with Crippen molar-refractivity contribution in [2.45, 2.75) is 70.1 Å². The van der Waals surface area contributed by atoms with E-state index in [1.54, 1.807) is 6.07 Å². The van der Waals surface area contributed by atoms with Crippen molar-refractivity contribution in [3.05, 3.63) is 83.2 Å². The molecule has 0 heterocycles. The van der Waals surface area contributed by atoms with Gasteiger partial charge in [0.05, 0.1) is 5.56 Å². The third kappa shape index (κ3) is 6.15. The van der Waals surface area contributed by atoms with Crippen LogP contribution < -0.4 is 0 Å². The lowest BCUT2D eigenvalue weighted by molar-refractivity contribution is 0.157. The molecule has 0 bridgehead atoms. The molecule has 0 N–H and O–H groups in total. The van der Waals surface area contributed by atoms with Crippen LogP contribution in [-0.2, 0) is 0 Å². The van der Waals surface area contributed by atoms with E-state index in [0.717, 1.165) is 23.3 Å². The van der Waals surface area contributed by atoms with Gasteiger partial charge in [-0.2, -0.15) is 5.26 Å². The van der Waals surface area contributed by atoms with E-state index in [4.69, 9.17) is 5.26 Å². The average Bonchev–Trinajstić information content (AvgIpc) is 2.87. The molecule has 0 aliphatic heterocycles. The minimum Gasteiger partial charge on any atom is -0.206 e. The predicted molar refractivity (Wildman–Crippen MR) is 133 cm³/mol. The third-order valence-corrected chi connectivity index (χ3v) is 7.93. The third-order valence-electron chi connectivity index (χ3n) is 7.93. The Labute approximate surface area is 198 Å². The molecular formula is C31H34FN. The van der Waals surface area contributed by atoms with Crippen molar-refractivity contribution in [3.8, 4) is 17.9 Å². The van der Waals surface area contributed by atoms with Gasteiger partial charge >= 0.3 is 0 Å².